The van der Waals surface area contributed by atoms with Gasteiger partial charge in [0.1, 0.15) is 12.9 Å². The van der Waals surface area contributed by atoms with E-state index in [1.54, 1.807) is 6.34 Å². The van der Waals surface area contributed by atoms with Crippen molar-refractivity contribution in [3.05, 3.63) is 53.6 Å². The molecule has 0 bridgehead atoms. The van der Waals surface area contributed by atoms with E-state index in [-0.39, 0.29) is 12.0 Å². The molecule has 0 spiro atoms. The highest BCUT2D eigenvalue weighted by molar-refractivity contribution is 7.81. The van der Waals surface area contributed by atoms with Gasteiger partial charge in [0.25, 0.3) is 0 Å². The van der Waals surface area contributed by atoms with Gasteiger partial charge in [-0.2, -0.15) is 0 Å². The molecule has 1 unspecified atom stereocenters. The molecule has 2 aromatic carbocycles. The molecule has 7 nitrogen and oxygen atoms in total. The number of carboxylic acids is 1. The number of hydrogen-bond donors (Lipinski definition) is 4. The second-order valence-electron chi connectivity index (χ2n) is 7.01. The molecule has 3 N–H and O–H groups in total. The van der Waals surface area contributed by atoms with Crippen molar-refractivity contribution in [1.29, 1.82) is 0 Å². The molecular formula is C21H27N5O2S. The van der Waals surface area contributed by atoms with Crippen molar-refractivity contribution >= 4 is 42.0 Å². The molecule has 1 heterocycles. The standard InChI is InChI=1S/C21H27N5O2S/c1-15-6-3-7-16(2)20(15)25(13-19(27)28)11-5-10-22-17-8-4-9-18(12-17)26-21(29)23-14-24-26/h3-4,6-9,12,14,21-22,29H,5,10-11,13H2,1-2H3,(H,23,24)(H,27,28). The van der Waals surface area contributed by atoms with E-state index < -0.39 is 5.97 Å². The first-order valence-electron chi connectivity index (χ1n) is 9.57. The summed E-state index contributed by atoms with van der Waals surface area (Å²) in [7, 11) is 0. The number of aliphatic imine (C=N–C) groups is 1. The van der Waals surface area contributed by atoms with E-state index in [1.165, 1.54) is 0 Å². The average Bonchev–Trinajstić information content (AvgIpc) is 3.10. The minimum absolute atomic E-state index is 0.00879. The molecular weight excluding hydrogens is 386 g/mol. The largest absolute Gasteiger partial charge is 0.480 e. The minimum Gasteiger partial charge on any atom is -0.480 e. The molecule has 3 rings (SSSR count). The number of carboxylic acid groups (broad SMARTS) is 1. The van der Waals surface area contributed by atoms with Gasteiger partial charge in [0.15, 0.2) is 5.50 Å². The zero-order valence-electron chi connectivity index (χ0n) is 16.7. The lowest BCUT2D eigenvalue weighted by Gasteiger charge is -2.27. The van der Waals surface area contributed by atoms with Crippen LogP contribution in [0.1, 0.15) is 17.5 Å². The molecule has 1 aliphatic heterocycles. The van der Waals surface area contributed by atoms with Crippen molar-refractivity contribution in [2.75, 3.05) is 34.9 Å². The van der Waals surface area contributed by atoms with Gasteiger partial charge in [-0.05, 0) is 49.6 Å². The number of nitrogens with zero attached hydrogens (tertiary/aromatic N) is 3. The summed E-state index contributed by atoms with van der Waals surface area (Å²) in [5.41, 5.74) is 7.97. The van der Waals surface area contributed by atoms with Crippen LogP contribution in [0.5, 0.6) is 0 Å². The van der Waals surface area contributed by atoms with E-state index in [1.807, 2.05) is 66.2 Å². The molecule has 0 aliphatic carbocycles. The average molecular weight is 414 g/mol. The van der Waals surface area contributed by atoms with Gasteiger partial charge >= 0.3 is 5.97 Å². The van der Waals surface area contributed by atoms with Gasteiger partial charge in [-0.25, -0.2) is 4.99 Å². The molecule has 0 fully saturated rings. The van der Waals surface area contributed by atoms with Crippen LogP contribution in [-0.2, 0) is 4.79 Å². The van der Waals surface area contributed by atoms with Crippen molar-refractivity contribution < 1.29 is 9.90 Å². The lowest BCUT2D eigenvalue weighted by molar-refractivity contribution is -0.135. The Kier molecular flexibility index (Phi) is 6.87. The fourth-order valence-electron chi connectivity index (χ4n) is 3.51. The van der Waals surface area contributed by atoms with E-state index in [9.17, 15) is 9.90 Å². The number of benzene rings is 2. The maximum absolute atomic E-state index is 11.4. The Balaban J connectivity index is 1.58. The Hall–Kier alpha value is -2.87. The highest BCUT2D eigenvalue weighted by Crippen LogP contribution is 2.25. The maximum atomic E-state index is 11.4. The summed E-state index contributed by atoms with van der Waals surface area (Å²) < 4.78 is 0. The summed E-state index contributed by atoms with van der Waals surface area (Å²) in [5.74, 6) is -0.824. The predicted molar refractivity (Wildman–Crippen MR) is 122 cm³/mol. The molecule has 2 aromatic rings. The van der Waals surface area contributed by atoms with Crippen molar-refractivity contribution in [3.63, 3.8) is 0 Å². The van der Waals surface area contributed by atoms with Crippen LogP contribution in [0, 0.1) is 13.8 Å². The number of para-hydroxylation sites is 1. The number of carbonyl (C=O) groups is 1. The number of hydrogen-bond acceptors (Lipinski definition) is 7. The zero-order valence-corrected chi connectivity index (χ0v) is 17.6. The lowest BCUT2D eigenvalue weighted by Crippen LogP contribution is -2.35. The molecule has 0 saturated carbocycles. The second kappa shape index (κ2) is 9.56. The topological polar surface area (TPSA) is 80.2 Å². The van der Waals surface area contributed by atoms with Gasteiger partial charge in [0, 0.05) is 24.5 Å². The molecule has 154 valence electrons. The monoisotopic (exact) mass is 413 g/mol. The summed E-state index contributed by atoms with van der Waals surface area (Å²) in [5, 5.41) is 14.6. The van der Waals surface area contributed by atoms with Crippen molar-refractivity contribution in [2.45, 2.75) is 25.8 Å². The quantitative estimate of drug-likeness (QED) is 0.373. The first-order chi connectivity index (χ1) is 14.0. The van der Waals surface area contributed by atoms with Crippen LogP contribution in [0.4, 0.5) is 17.1 Å². The number of thiol groups is 1. The fraction of sp³-hybridized carbons (Fsp3) is 0.333. The van der Waals surface area contributed by atoms with Gasteiger partial charge in [0.05, 0.1) is 5.69 Å². The first kappa shape index (κ1) is 20.9. The normalized spacial score (nSPS) is 15.3. The lowest BCUT2D eigenvalue weighted by atomic mass is 10.1. The number of anilines is 3. The molecule has 0 aromatic heterocycles. The first-order valence-corrected chi connectivity index (χ1v) is 10.1. The Morgan fingerprint density at radius 3 is 2.66 bits per heavy atom. The van der Waals surface area contributed by atoms with E-state index in [0.29, 0.717) is 6.54 Å². The number of nitrogens with one attached hydrogen (secondary N) is 2. The van der Waals surface area contributed by atoms with Crippen molar-refractivity contribution in [3.8, 4) is 0 Å². The number of aliphatic carboxylic acids is 1. The third-order valence-electron chi connectivity index (χ3n) is 4.78. The minimum atomic E-state index is -0.824. The molecule has 0 saturated heterocycles. The van der Waals surface area contributed by atoms with Gasteiger partial charge in [-0.15, -0.1) is 12.6 Å². The van der Waals surface area contributed by atoms with Crippen LogP contribution < -0.4 is 20.7 Å². The Labute approximate surface area is 176 Å². The van der Waals surface area contributed by atoms with Crippen molar-refractivity contribution in [2.24, 2.45) is 4.99 Å². The van der Waals surface area contributed by atoms with E-state index in [4.69, 9.17) is 0 Å². The summed E-state index contributed by atoms with van der Waals surface area (Å²) in [6.45, 7) is 5.42. The number of hydrazine groups is 1. The Morgan fingerprint density at radius 1 is 1.28 bits per heavy atom. The highest BCUT2D eigenvalue weighted by Gasteiger charge is 2.18. The fourth-order valence-corrected chi connectivity index (χ4v) is 3.78. The van der Waals surface area contributed by atoms with Gasteiger partial charge < -0.3 is 15.3 Å². The van der Waals surface area contributed by atoms with Gasteiger partial charge in [-0.1, -0.05) is 24.3 Å². The predicted octanol–water partition coefficient (Wildman–Crippen LogP) is 3.26. The zero-order chi connectivity index (χ0) is 20.8. The van der Waals surface area contributed by atoms with Crippen LogP contribution >= 0.6 is 12.6 Å². The van der Waals surface area contributed by atoms with Crippen LogP contribution in [-0.4, -0.2) is 42.5 Å². The molecule has 8 heteroatoms. The van der Waals surface area contributed by atoms with Crippen LogP contribution in [0.3, 0.4) is 0 Å². The van der Waals surface area contributed by atoms with Gasteiger partial charge in [-0.3, -0.25) is 15.2 Å². The molecule has 1 aliphatic rings. The van der Waals surface area contributed by atoms with Crippen LogP contribution in [0.15, 0.2) is 47.5 Å². The summed E-state index contributed by atoms with van der Waals surface area (Å²) in [6, 6.07) is 14.0. The third kappa shape index (κ3) is 5.35. The number of rotatable bonds is 9. The third-order valence-corrected chi connectivity index (χ3v) is 5.14. The molecule has 1 atom stereocenters. The molecule has 29 heavy (non-hydrogen) atoms. The van der Waals surface area contributed by atoms with Crippen LogP contribution in [0.25, 0.3) is 0 Å². The van der Waals surface area contributed by atoms with Crippen LogP contribution in [0.2, 0.25) is 0 Å². The summed E-state index contributed by atoms with van der Waals surface area (Å²) in [4.78, 5) is 17.5. The van der Waals surface area contributed by atoms with Crippen molar-refractivity contribution in [1.82, 2.24) is 5.43 Å². The smallest absolute Gasteiger partial charge is 0.323 e. The number of aryl methyl sites for hydroxylation is 2. The Morgan fingerprint density at radius 2 is 2.00 bits per heavy atom. The second-order valence-corrected chi connectivity index (χ2v) is 7.47. The highest BCUT2D eigenvalue weighted by atomic mass is 32.1. The molecule has 0 radical (unpaired) electrons. The SMILES string of the molecule is Cc1cccc(C)c1N(CCCNc1cccc(N2NC=NC2S)c1)CC(=O)O. The Bertz CT molecular complexity index is 869. The van der Waals surface area contributed by atoms with E-state index in [2.05, 4.69) is 28.4 Å². The summed E-state index contributed by atoms with van der Waals surface area (Å²) >= 11 is 4.41. The van der Waals surface area contributed by atoms with E-state index in [0.717, 1.165) is 41.2 Å². The summed E-state index contributed by atoms with van der Waals surface area (Å²) in [6.07, 6.45) is 2.44. The molecule has 0 amide bonds. The maximum Gasteiger partial charge on any atom is 0.323 e. The van der Waals surface area contributed by atoms with E-state index >= 15 is 0 Å². The van der Waals surface area contributed by atoms with Gasteiger partial charge in [0.2, 0.25) is 0 Å².